The molecule has 4 rings (SSSR count). The number of hydrogen-bond acceptors (Lipinski definition) is 5. The summed E-state index contributed by atoms with van der Waals surface area (Å²) in [4.78, 5) is 11.4. The zero-order valence-corrected chi connectivity index (χ0v) is 13.3. The first kappa shape index (κ1) is 14.9. The summed E-state index contributed by atoms with van der Waals surface area (Å²) in [6, 6.07) is 19.9. The number of fused-ring (bicyclic) bond motifs is 1. The molecule has 0 aromatic heterocycles. The zero-order chi connectivity index (χ0) is 16.4. The molecule has 0 aliphatic carbocycles. The van der Waals surface area contributed by atoms with Gasteiger partial charge in [-0.15, -0.1) is 0 Å². The lowest BCUT2D eigenvalue weighted by Crippen LogP contribution is -2.45. The highest BCUT2D eigenvalue weighted by Gasteiger charge is 2.48. The third-order valence-corrected chi connectivity index (χ3v) is 4.19. The molecule has 0 spiro atoms. The van der Waals surface area contributed by atoms with Gasteiger partial charge >= 0.3 is 0 Å². The van der Waals surface area contributed by atoms with Crippen LogP contribution in [0.1, 0.15) is 18.1 Å². The molecule has 0 fully saturated rings. The van der Waals surface area contributed by atoms with E-state index in [0.717, 1.165) is 22.6 Å². The molecule has 2 aromatic rings. The molecule has 0 radical (unpaired) electrons. The molecule has 2 aromatic carbocycles. The Kier molecular flexibility index (Phi) is 4.01. The minimum atomic E-state index is -0.506. The maximum absolute atomic E-state index is 5.76. The Morgan fingerprint density at radius 1 is 0.833 bits per heavy atom. The average Bonchev–Trinajstić information content (AvgIpc) is 3.09. The predicted molar refractivity (Wildman–Crippen MR) is 90.8 cm³/mol. The van der Waals surface area contributed by atoms with E-state index in [0.29, 0.717) is 6.61 Å². The van der Waals surface area contributed by atoms with Crippen molar-refractivity contribution >= 4 is 11.4 Å². The van der Waals surface area contributed by atoms with Crippen LogP contribution in [0.4, 0.5) is 0 Å². The second kappa shape index (κ2) is 6.45. The van der Waals surface area contributed by atoms with Crippen molar-refractivity contribution in [1.29, 1.82) is 0 Å². The van der Waals surface area contributed by atoms with Crippen LogP contribution in [-0.4, -0.2) is 30.4 Å². The van der Waals surface area contributed by atoms with Crippen LogP contribution in [0.2, 0.25) is 0 Å². The van der Waals surface area contributed by atoms with E-state index in [2.05, 4.69) is 10.3 Å². The monoisotopic (exact) mass is 322 g/mol. The molecular formula is C19H18N2O3. The van der Waals surface area contributed by atoms with Crippen molar-refractivity contribution in [3.63, 3.8) is 0 Å². The van der Waals surface area contributed by atoms with Gasteiger partial charge in [0.15, 0.2) is 6.10 Å². The maximum Gasteiger partial charge on any atom is 0.239 e. The fraction of sp³-hybridized carbons (Fsp3) is 0.263. The van der Waals surface area contributed by atoms with Gasteiger partial charge in [-0.2, -0.15) is 0 Å². The molecule has 0 amide bonds. The fourth-order valence-electron chi connectivity index (χ4n) is 3.08. The first-order chi connectivity index (χ1) is 11.9. The van der Waals surface area contributed by atoms with Crippen molar-refractivity contribution < 1.29 is 14.4 Å². The summed E-state index contributed by atoms with van der Waals surface area (Å²) >= 11 is 0. The molecule has 5 nitrogen and oxygen atoms in total. The molecule has 24 heavy (non-hydrogen) atoms. The highest BCUT2D eigenvalue weighted by molar-refractivity contribution is 6.11. The van der Waals surface area contributed by atoms with Crippen molar-refractivity contribution in [2.45, 2.75) is 19.3 Å². The lowest BCUT2D eigenvalue weighted by Gasteiger charge is -2.30. The number of benzene rings is 2. The van der Waals surface area contributed by atoms with Crippen LogP contribution in [-0.2, 0) is 14.4 Å². The van der Waals surface area contributed by atoms with Crippen LogP contribution in [0.25, 0.3) is 0 Å². The van der Waals surface area contributed by atoms with E-state index in [9.17, 15) is 0 Å². The van der Waals surface area contributed by atoms with Crippen LogP contribution < -0.4 is 0 Å². The maximum atomic E-state index is 5.76. The van der Waals surface area contributed by atoms with Gasteiger partial charge in [-0.05, 0) is 12.5 Å². The summed E-state index contributed by atoms with van der Waals surface area (Å²) in [6.07, 6.45) is -0.818. The van der Waals surface area contributed by atoms with Gasteiger partial charge in [0.2, 0.25) is 6.29 Å². The van der Waals surface area contributed by atoms with Gasteiger partial charge in [-0.25, -0.2) is 0 Å². The lowest BCUT2D eigenvalue weighted by molar-refractivity contribution is -0.175. The molecule has 2 aliphatic rings. The van der Waals surface area contributed by atoms with E-state index in [4.69, 9.17) is 14.4 Å². The summed E-state index contributed by atoms with van der Waals surface area (Å²) in [5.74, 6) is -0.153. The standard InChI is InChI=1S/C19H18N2O3/c1-2-22-19-15-16(13-9-5-3-6-10-13)20-23-18(15)17(21-24-19)14-11-7-4-8-12-14/h3-12,15,18-19H,2H2,1H3/t15-,18+,19-/m0/s1. The molecule has 0 bridgehead atoms. The fourth-order valence-corrected chi connectivity index (χ4v) is 3.08. The number of oxime groups is 2. The van der Waals surface area contributed by atoms with Crippen molar-refractivity contribution in [3.05, 3.63) is 71.8 Å². The summed E-state index contributed by atoms with van der Waals surface area (Å²) in [5.41, 5.74) is 3.55. The molecule has 0 N–H and O–H groups in total. The van der Waals surface area contributed by atoms with E-state index in [1.54, 1.807) is 0 Å². The summed E-state index contributed by atoms with van der Waals surface area (Å²) in [7, 11) is 0. The second-order valence-electron chi connectivity index (χ2n) is 5.67. The summed E-state index contributed by atoms with van der Waals surface area (Å²) in [6.45, 7) is 2.47. The first-order valence-electron chi connectivity index (χ1n) is 8.08. The van der Waals surface area contributed by atoms with Crippen LogP contribution in [0.3, 0.4) is 0 Å². The van der Waals surface area contributed by atoms with Crippen molar-refractivity contribution in [2.75, 3.05) is 6.61 Å². The van der Waals surface area contributed by atoms with Gasteiger partial charge in [0.05, 0.1) is 0 Å². The van der Waals surface area contributed by atoms with Gasteiger partial charge in [-0.1, -0.05) is 71.0 Å². The molecule has 2 heterocycles. The second-order valence-corrected chi connectivity index (χ2v) is 5.67. The molecule has 2 aliphatic heterocycles. The average molecular weight is 322 g/mol. The van der Waals surface area contributed by atoms with Gasteiger partial charge in [-0.3, -0.25) is 0 Å². The topological polar surface area (TPSA) is 52.4 Å². The molecule has 0 saturated carbocycles. The number of ether oxygens (including phenoxy) is 1. The van der Waals surface area contributed by atoms with Crippen molar-refractivity contribution in [3.8, 4) is 0 Å². The molecule has 0 saturated heterocycles. The van der Waals surface area contributed by atoms with E-state index >= 15 is 0 Å². The molecule has 3 atom stereocenters. The predicted octanol–water partition coefficient (Wildman–Crippen LogP) is 3.20. The Morgan fingerprint density at radius 2 is 1.42 bits per heavy atom. The third kappa shape index (κ3) is 2.57. The highest BCUT2D eigenvalue weighted by atomic mass is 16.8. The van der Waals surface area contributed by atoms with Gasteiger partial charge < -0.3 is 14.4 Å². The molecule has 122 valence electrons. The Hall–Kier alpha value is -2.66. The Balaban J connectivity index is 1.71. The Labute approximate surface area is 140 Å². The summed E-state index contributed by atoms with van der Waals surface area (Å²) < 4.78 is 5.74. The first-order valence-corrected chi connectivity index (χ1v) is 8.08. The normalized spacial score (nSPS) is 25.1. The van der Waals surface area contributed by atoms with E-state index in [1.165, 1.54) is 0 Å². The quantitative estimate of drug-likeness (QED) is 0.868. The van der Waals surface area contributed by atoms with Gasteiger partial charge in [0.1, 0.15) is 17.3 Å². The minimum absolute atomic E-state index is 0.153. The van der Waals surface area contributed by atoms with E-state index in [-0.39, 0.29) is 12.0 Å². The van der Waals surface area contributed by atoms with Crippen molar-refractivity contribution in [2.24, 2.45) is 16.2 Å². The van der Waals surface area contributed by atoms with Gasteiger partial charge in [0.25, 0.3) is 0 Å². The SMILES string of the molecule is CCO[C@H]1ON=C(c2ccccc2)[C@@H]2ON=C(c3ccccc3)[C@H]12. The van der Waals surface area contributed by atoms with Gasteiger partial charge in [0, 0.05) is 12.2 Å². The number of nitrogens with zero attached hydrogens (tertiary/aromatic N) is 2. The lowest BCUT2D eigenvalue weighted by atomic mass is 9.87. The minimum Gasteiger partial charge on any atom is -0.385 e. The van der Waals surface area contributed by atoms with Crippen molar-refractivity contribution in [1.82, 2.24) is 0 Å². The van der Waals surface area contributed by atoms with Crippen LogP contribution >= 0.6 is 0 Å². The molecule has 5 heteroatoms. The van der Waals surface area contributed by atoms with E-state index in [1.807, 2.05) is 67.6 Å². The van der Waals surface area contributed by atoms with Crippen LogP contribution in [0.5, 0.6) is 0 Å². The highest BCUT2D eigenvalue weighted by Crippen LogP contribution is 2.34. The Bertz CT molecular complexity index is 759. The largest absolute Gasteiger partial charge is 0.385 e. The smallest absolute Gasteiger partial charge is 0.239 e. The summed E-state index contributed by atoms with van der Waals surface area (Å²) in [5, 5.41) is 8.60. The zero-order valence-electron chi connectivity index (χ0n) is 13.3. The van der Waals surface area contributed by atoms with Crippen LogP contribution in [0.15, 0.2) is 71.0 Å². The third-order valence-electron chi connectivity index (χ3n) is 4.19. The number of hydrogen-bond donors (Lipinski definition) is 0. The number of rotatable bonds is 4. The molecule has 0 unspecified atom stereocenters. The molecular weight excluding hydrogens is 304 g/mol. The Morgan fingerprint density at radius 3 is 2.04 bits per heavy atom. The van der Waals surface area contributed by atoms with E-state index < -0.39 is 6.29 Å². The van der Waals surface area contributed by atoms with Crippen LogP contribution in [0, 0.1) is 5.92 Å².